The fraction of sp³-hybridized carbons (Fsp3) is 0.235. The molecular formula is C17H16F2N2O. The van der Waals surface area contributed by atoms with Crippen LogP contribution in [-0.4, -0.2) is 6.10 Å². The molecule has 0 aromatic heterocycles. The Hall–Kier alpha value is -2.61. The fourth-order valence-corrected chi connectivity index (χ4v) is 2.00. The van der Waals surface area contributed by atoms with Crippen molar-refractivity contribution in [2.75, 3.05) is 5.32 Å². The standard InChI is InChI=1S/C17H16F2N2O/c1-11(2)22-17-7-12(9-20)3-4-16(17)21-10-13-5-14(18)8-15(19)6-13/h3-8,11,21H,10H2,1-2H3. The lowest BCUT2D eigenvalue weighted by molar-refractivity contribution is 0.243. The Balaban J connectivity index is 2.19. The zero-order valence-electron chi connectivity index (χ0n) is 12.4. The molecule has 22 heavy (non-hydrogen) atoms. The van der Waals surface area contributed by atoms with Crippen LogP contribution in [0.25, 0.3) is 0 Å². The number of hydrogen-bond donors (Lipinski definition) is 1. The summed E-state index contributed by atoms with van der Waals surface area (Å²) in [6.07, 6.45) is -0.0545. The van der Waals surface area contributed by atoms with Crippen molar-refractivity contribution >= 4 is 5.69 Å². The van der Waals surface area contributed by atoms with Crippen molar-refractivity contribution in [2.45, 2.75) is 26.5 Å². The SMILES string of the molecule is CC(C)Oc1cc(C#N)ccc1NCc1cc(F)cc(F)c1. The molecular weight excluding hydrogens is 286 g/mol. The lowest BCUT2D eigenvalue weighted by Crippen LogP contribution is -2.09. The van der Waals surface area contributed by atoms with Crippen molar-refractivity contribution < 1.29 is 13.5 Å². The van der Waals surface area contributed by atoms with Gasteiger partial charge in [0.25, 0.3) is 0 Å². The quantitative estimate of drug-likeness (QED) is 0.898. The summed E-state index contributed by atoms with van der Waals surface area (Å²) in [5.41, 5.74) is 1.63. The summed E-state index contributed by atoms with van der Waals surface area (Å²) in [5, 5.41) is 12.0. The number of nitrogens with one attached hydrogen (secondary N) is 1. The van der Waals surface area contributed by atoms with E-state index in [2.05, 4.69) is 5.32 Å². The third-order valence-corrected chi connectivity index (χ3v) is 2.88. The van der Waals surface area contributed by atoms with Crippen LogP contribution in [0.5, 0.6) is 5.75 Å². The molecule has 0 aliphatic heterocycles. The molecule has 3 nitrogen and oxygen atoms in total. The molecule has 0 saturated carbocycles. The van der Waals surface area contributed by atoms with E-state index in [0.29, 0.717) is 22.6 Å². The number of anilines is 1. The highest BCUT2D eigenvalue weighted by Crippen LogP contribution is 2.27. The molecule has 0 atom stereocenters. The lowest BCUT2D eigenvalue weighted by atomic mass is 10.1. The van der Waals surface area contributed by atoms with Crippen LogP contribution in [0.15, 0.2) is 36.4 Å². The van der Waals surface area contributed by atoms with E-state index in [4.69, 9.17) is 10.00 Å². The van der Waals surface area contributed by atoms with E-state index in [-0.39, 0.29) is 12.6 Å². The highest BCUT2D eigenvalue weighted by molar-refractivity contribution is 5.59. The summed E-state index contributed by atoms with van der Waals surface area (Å²) in [7, 11) is 0. The van der Waals surface area contributed by atoms with E-state index in [1.165, 1.54) is 12.1 Å². The summed E-state index contributed by atoms with van der Waals surface area (Å²) in [6.45, 7) is 4.00. The van der Waals surface area contributed by atoms with Gasteiger partial charge in [-0.1, -0.05) is 0 Å². The summed E-state index contributed by atoms with van der Waals surface area (Å²) in [5.74, 6) is -0.698. The second-order valence-corrected chi connectivity index (χ2v) is 5.12. The van der Waals surface area contributed by atoms with Gasteiger partial charge in [0.2, 0.25) is 0 Å². The number of ether oxygens (including phenoxy) is 1. The molecule has 0 spiro atoms. The molecule has 0 aliphatic carbocycles. The largest absolute Gasteiger partial charge is 0.489 e. The van der Waals surface area contributed by atoms with Gasteiger partial charge in [-0.05, 0) is 43.7 Å². The molecule has 0 heterocycles. The molecule has 1 N–H and O–H groups in total. The zero-order chi connectivity index (χ0) is 16.1. The first-order valence-electron chi connectivity index (χ1n) is 6.87. The molecule has 0 radical (unpaired) electrons. The summed E-state index contributed by atoms with van der Waals surface area (Å²) in [4.78, 5) is 0. The summed E-state index contributed by atoms with van der Waals surface area (Å²) >= 11 is 0. The Kier molecular flexibility index (Phi) is 4.95. The average Bonchev–Trinajstić information content (AvgIpc) is 2.44. The second-order valence-electron chi connectivity index (χ2n) is 5.12. The Labute approximate surface area is 128 Å². The van der Waals surface area contributed by atoms with E-state index in [9.17, 15) is 8.78 Å². The molecule has 0 bridgehead atoms. The maximum Gasteiger partial charge on any atom is 0.144 e. The van der Waals surface area contributed by atoms with Crippen LogP contribution >= 0.6 is 0 Å². The molecule has 2 aromatic rings. The van der Waals surface area contributed by atoms with Crippen molar-refractivity contribution in [3.63, 3.8) is 0 Å². The minimum atomic E-state index is -0.615. The van der Waals surface area contributed by atoms with Crippen LogP contribution < -0.4 is 10.1 Å². The van der Waals surface area contributed by atoms with Gasteiger partial charge in [-0.3, -0.25) is 0 Å². The molecule has 0 saturated heterocycles. The van der Waals surface area contributed by atoms with Crippen LogP contribution in [0.2, 0.25) is 0 Å². The third-order valence-electron chi connectivity index (χ3n) is 2.88. The van der Waals surface area contributed by atoms with E-state index in [1.807, 2.05) is 19.9 Å². The first kappa shape index (κ1) is 15.8. The van der Waals surface area contributed by atoms with Gasteiger partial charge in [-0.15, -0.1) is 0 Å². The number of nitrogens with zero attached hydrogens (tertiary/aromatic N) is 1. The van der Waals surface area contributed by atoms with Crippen LogP contribution in [0.4, 0.5) is 14.5 Å². The topological polar surface area (TPSA) is 45.0 Å². The Morgan fingerprint density at radius 1 is 1.14 bits per heavy atom. The predicted octanol–water partition coefficient (Wildman–Crippen LogP) is 4.24. The van der Waals surface area contributed by atoms with Crippen LogP contribution in [0.1, 0.15) is 25.0 Å². The molecule has 114 valence electrons. The maximum absolute atomic E-state index is 13.2. The van der Waals surface area contributed by atoms with Gasteiger partial charge < -0.3 is 10.1 Å². The minimum Gasteiger partial charge on any atom is -0.489 e. The summed E-state index contributed by atoms with van der Waals surface area (Å²) < 4.78 is 32.0. The molecule has 5 heteroatoms. The van der Waals surface area contributed by atoms with Gasteiger partial charge in [0.1, 0.15) is 17.4 Å². The highest BCUT2D eigenvalue weighted by Gasteiger charge is 2.08. The van der Waals surface area contributed by atoms with E-state index < -0.39 is 11.6 Å². The molecule has 2 aromatic carbocycles. The normalized spacial score (nSPS) is 10.4. The molecule has 0 aliphatic rings. The van der Waals surface area contributed by atoms with Crippen LogP contribution in [0.3, 0.4) is 0 Å². The first-order valence-corrected chi connectivity index (χ1v) is 6.87. The van der Waals surface area contributed by atoms with Crippen LogP contribution in [0, 0.1) is 23.0 Å². The number of halogens is 2. The van der Waals surface area contributed by atoms with Crippen molar-refractivity contribution in [3.05, 3.63) is 59.2 Å². The van der Waals surface area contributed by atoms with Gasteiger partial charge in [-0.2, -0.15) is 5.26 Å². The van der Waals surface area contributed by atoms with E-state index in [1.54, 1.807) is 18.2 Å². The second kappa shape index (κ2) is 6.90. The number of rotatable bonds is 5. The smallest absolute Gasteiger partial charge is 0.144 e. The van der Waals surface area contributed by atoms with Gasteiger partial charge in [0.15, 0.2) is 0 Å². The van der Waals surface area contributed by atoms with Crippen molar-refractivity contribution in [3.8, 4) is 11.8 Å². The molecule has 0 amide bonds. The van der Waals surface area contributed by atoms with Crippen LogP contribution in [-0.2, 0) is 6.54 Å². The van der Waals surface area contributed by atoms with Gasteiger partial charge in [-0.25, -0.2) is 8.78 Å². The van der Waals surface area contributed by atoms with E-state index >= 15 is 0 Å². The Bertz CT molecular complexity index is 688. The van der Waals surface area contributed by atoms with Gasteiger partial charge in [0.05, 0.1) is 23.4 Å². The predicted molar refractivity (Wildman–Crippen MR) is 80.6 cm³/mol. The average molecular weight is 302 g/mol. The Morgan fingerprint density at radius 3 is 2.41 bits per heavy atom. The van der Waals surface area contributed by atoms with Crippen molar-refractivity contribution in [2.24, 2.45) is 0 Å². The molecule has 2 rings (SSSR count). The summed E-state index contributed by atoms with van der Waals surface area (Å²) in [6, 6.07) is 10.4. The molecule has 0 fully saturated rings. The van der Waals surface area contributed by atoms with Gasteiger partial charge >= 0.3 is 0 Å². The number of hydrogen-bond acceptors (Lipinski definition) is 3. The molecule has 0 unspecified atom stereocenters. The van der Waals surface area contributed by atoms with E-state index in [0.717, 1.165) is 6.07 Å². The first-order chi connectivity index (χ1) is 10.5. The number of nitriles is 1. The van der Waals surface area contributed by atoms with Gasteiger partial charge in [0, 0.05) is 18.7 Å². The van der Waals surface area contributed by atoms with Crippen molar-refractivity contribution in [1.82, 2.24) is 0 Å². The number of benzene rings is 2. The van der Waals surface area contributed by atoms with Crippen molar-refractivity contribution in [1.29, 1.82) is 5.26 Å². The minimum absolute atomic E-state index is 0.0545. The Morgan fingerprint density at radius 2 is 1.82 bits per heavy atom. The zero-order valence-corrected chi connectivity index (χ0v) is 12.4. The highest BCUT2D eigenvalue weighted by atomic mass is 19.1. The third kappa shape index (κ3) is 4.19. The fourth-order valence-electron chi connectivity index (χ4n) is 2.00. The maximum atomic E-state index is 13.2. The monoisotopic (exact) mass is 302 g/mol. The lowest BCUT2D eigenvalue weighted by Gasteiger charge is -2.16.